The molecule has 5 heteroatoms. The maximum atomic E-state index is 11.6. The summed E-state index contributed by atoms with van der Waals surface area (Å²) >= 11 is 0. The van der Waals surface area contributed by atoms with Gasteiger partial charge in [0, 0.05) is 5.92 Å². The lowest BCUT2D eigenvalue weighted by Crippen LogP contribution is -2.47. The summed E-state index contributed by atoms with van der Waals surface area (Å²) in [5.74, 6) is -0.150. The van der Waals surface area contributed by atoms with Gasteiger partial charge in [0.15, 0.2) is 5.60 Å². The molecule has 0 spiro atoms. The van der Waals surface area contributed by atoms with Gasteiger partial charge in [-0.05, 0) is 38.0 Å². The van der Waals surface area contributed by atoms with Crippen LogP contribution in [-0.2, 0) is 9.59 Å². The Hall–Kier alpha value is -1.10. The van der Waals surface area contributed by atoms with Crippen molar-refractivity contribution in [1.29, 1.82) is 0 Å². The van der Waals surface area contributed by atoms with Crippen molar-refractivity contribution in [2.45, 2.75) is 31.8 Å². The van der Waals surface area contributed by atoms with E-state index in [2.05, 4.69) is 5.32 Å². The lowest BCUT2D eigenvalue weighted by molar-refractivity contribution is -0.156. The van der Waals surface area contributed by atoms with Crippen LogP contribution in [0.1, 0.15) is 26.2 Å². The smallest absolute Gasteiger partial charge is 0.337 e. The number of aliphatic hydroxyl groups is 1. The second kappa shape index (κ2) is 3.73. The summed E-state index contributed by atoms with van der Waals surface area (Å²) in [5.41, 5.74) is -1.88. The summed E-state index contributed by atoms with van der Waals surface area (Å²) in [6.45, 7) is 0.954. The Morgan fingerprint density at radius 2 is 2.06 bits per heavy atom. The van der Waals surface area contributed by atoms with Crippen LogP contribution in [0.5, 0.6) is 0 Å². The Morgan fingerprint density at radius 3 is 2.56 bits per heavy atom. The second-order valence-corrected chi connectivity index (χ2v) is 5.14. The van der Waals surface area contributed by atoms with Crippen molar-refractivity contribution < 1.29 is 19.8 Å². The zero-order chi connectivity index (χ0) is 11.9. The molecule has 2 fully saturated rings. The first-order chi connectivity index (χ1) is 7.42. The highest BCUT2D eigenvalue weighted by Crippen LogP contribution is 2.54. The van der Waals surface area contributed by atoms with Gasteiger partial charge in [-0.1, -0.05) is 0 Å². The third-order valence-corrected chi connectivity index (χ3v) is 3.47. The number of amides is 1. The van der Waals surface area contributed by atoms with Gasteiger partial charge in [0.2, 0.25) is 5.91 Å². The average Bonchev–Trinajstić information content (AvgIpc) is 3.00. The van der Waals surface area contributed by atoms with E-state index in [1.54, 1.807) is 0 Å². The Bertz CT molecular complexity index is 322. The van der Waals surface area contributed by atoms with Crippen LogP contribution in [0.4, 0.5) is 0 Å². The lowest BCUT2D eigenvalue weighted by atomic mass is 10.1. The number of carboxylic acids is 1. The molecule has 0 aliphatic heterocycles. The number of rotatable bonds is 5. The largest absolute Gasteiger partial charge is 0.479 e. The van der Waals surface area contributed by atoms with Crippen LogP contribution < -0.4 is 5.32 Å². The molecule has 5 nitrogen and oxygen atoms in total. The molecule has 0 radical (unpaired) electrons. The zero-order valence-electron chi connectivity index (χ0n) is 9.27. The minimum Gasteiger partial charge on any atom is -0.479 e. The molecule has 2 rings (SSSR count). The molecule has 1 amide bonds. The highest BCUT2D eigenvalue weighted by atomic mass is 16.4. The Kier molecular flexibility index (Phi) is 2.66. The van der Waals surface area contributed by atoms with Crippen LogP contribution >= 0.6 is 0 Å². The van der Waals surface area contributed by atoms with Crippen molar-refractivity contribution in [3.05, 3.63) is 0 Å². The monoisotopic (exact) mass is 227 g/mol. The van der Waals surface area contributed by atoms with Crippen molar-refractivity contribution in [2.24, 2.45) is 17.8 Å². The third-order valence-electron chi connectivity index (χ3n) is 3.47. The SMILES string of the molecule is CC(O)(CNC(=O)C1CC1C1CC1)C(=O)O. The van der Waals surface area contributed by atoms with Crippen molar-refractivity contribution in [2.75, 3.05) is 6.54 Å². The van der Waals surface area contributed by atoms with Gasteiger partial charge in [-0.25, -0.2) is 4.79 Å². The fourth-order valence-corrected chi connectivity index (χ4v) is 2.03. The number of nitrogens with one attached hydrogen (secondary N) is 1. The molecule has 2 saturated carbocycles. The van der Waals surface area contributed by atoms with Crippen LogP contribution in [0, 0.1) is 17.8 Å². The molecule has 3 unspecified atom stereocenters. The first-order valence-electron chi connectivity index (χ1n) is 5.65. The summed E-state index contributed by atoms with van der Waals surface area (Å²) in [6, 6.07) is 0. The van der Waals surface area contributed by atoms with Crippen molar-refractivity contribution >= 4 is 11.9 Å². The number of carboxylic acid groups (broad SMARTS) is 1. The van der Waals surface area contributed by atoms with Gasteiger partial charge >= 0.3 is 5.97 Å². The van der Waals surface area contributed by atoms with E-state index in [-0.39, 0.29) is 18.4 Å². The van der Waals surface area contributed by atoms with E-state index >= 15 is 0 Å². The van der Waals surface area contributed by atoms with Gasteiger partial charge in [-0.3, -0.25) is 4.79 Å². The quantitative estimate of drug-likeness (QED) is 0.616. The van der Waals surface area contributed by atoms with E-state index in [0.29, 0.717) is 5.92 Å². The van der Waals surface area contributed by atoms with Crippen LogP contribution in [0.15, 0.2) is 0 Å². The number of hydrogen-bond donors (Lipinski definition) is 3. The fraction of sp³-hybridized carbons (Fsp3) is 0.818. The lowest BCUT2D eigenvalue weighted by Gasteiger charge is -2.18. The highest BCUT2D eigenvalue weighted by molar-refractivity contribution is 5.83. The molecular weight excluding hydrogens is 210 g/mol. The second-order valence-electron chi connectivity index (χ2n) is 5.14. The number of aliphatic carboxylic acids is 1. The standard InChI is InChI=1S/C11H17NO4/c1-11(16,10(14)15)5-12-9(13)8-4-7(8)6-2-3-6/h6-8,16H,2-5H2,1H3,(H,12,13)(H,14,15). The maximum Gasteiger partial charge on any atom is 0.337 e. The first kappa shape index (κ1) is 11.4. The summed E-state index contributed by atoms with van der Waals surface area (Å²) in [6.07, 6.45) is 3.37. The predicted molar refractivity (Wildman–Crippen MR) is 55.6 cm³/mol. The number of carbonyl (C=O) groups excluding carboxylic acids is 1. The fourth-order valence-electron chi connectivity index (χ4n) is 2.03. The topological polar surface area (TPSA) is 86.6 Å². The molecule has 0 aromatic carbocycles. The molecule has 0 aromatic heterocycles. The van der Waals surface area contributed by atoms with E-state index in [4.69, 9.17) is 5.11 Å². The van der Waals surface area contributed by atoms with E-state index in [0.717, 1.165) is 12.3 Å². The molecule has 0 aromatic rings. The van der Waals surface area contributed by atoms with E-state index in [1.165, 1.54) is 19.8 Å². The molecule has 0 heterocycles. The molecule has 0 bridgehead atoms. The number of carbonyl (C=O) groups is 2. The Balaban J connectivity index is 1.74. The van der Waals surface area contributed by atoms with E-state index in [1.807, 2.05) is 0 Å². The molecule has 3 N–H and O–H groups in total. The molecule has 2 aliphatic carbocycles. The molecule has 90 valence electrons. The van der Waals surface area contributed by atoms with Crippen LogP contribution in [-0.4, -0.2) is 34.2 Å². The van der Waals surface area contributed by atoms with Crippen LogP contribution in [0.3, 0.4) is 0 Å². The Labute approximate surface area is 93.8 Å². The van der Waals surface area contributed by atoms with Gasteiger partial charge in [0.05, 0.1) is 6.54 Å². The van der Waals surface area contributed by atoms with Crippen LogP contribution in [0.2, 0.25) is 0 Å². The van der Waals surface area contributed by atoms with Gasteiger partial charge in [0.25, 0.3) is 0 Å². The van der Waals surface area contributed by atoms with Gasteiger partial charge in [-0.2, -0.15) is 0 Å². The normalized spacial score (nSPS) is 31.6. The number of hydrogen-bond acceptors (Lipinski definition) is 3. The minimum absolute atomic E-state index is 0.0529. The minimum atomic E-state index is -1.88. The van der Waals surface area contributed by atoms with Gasteiger partial charge in [-0.15, -0.1) is 0 Å². The highest BCUT2D eigenvalue weighted by Gasteiger charge is 2.51. The molecule has 2 aliphatic rings. The van der Waals surface area contributed by atoms with Crippen LogP contribution in [0.25, 0.3) is 0 Å². The van der Waals surface area contributed by atoms with Crippen molar-refractivity contribution in [3.8, 4) is 0 Å². The summed E-state index contributed by atoms with van der Waals surface area (Å²) in [7, 11) is 0. The zero-order valence-corrected chi connectivity index (χ0v) is 9.27. The maximum absolute atomic E-state index is 11.6. The molecular formula is C11H17NO4. The van der Waals surface area contributed by atoms with Gasteiger partial charge in [0.1, 0.15) is 0 Å². The predicted octanol–water partition coefficient (Wildman–Crippen LogP) is -0.0157. The average molecular weight is 227 g/mol. The van der Waals surface area contributed by atoms with E-state index < -0.39 is 11.6 Å². The Morgan fingerprint density at radius 1 is 1.44 bits per heavy atom. The van der Waals surface area contributed by atoms with Crippen molar-refractivity contribution in [1.82, 2.24) is 5.32 Å². The summed E-state index contributed by atoms with van der Waals surface area (Å²) < 4.78 is 0. The van der Waals surface area contributed by atoms with Crippen molar-refractivity contribution in [3.63, 3.8) is 0 Å². The summed E-state index contributed by atoms with van der Waals surface area (Å²) in [4.78, 5) is 22.2. The molecule has 3 atom stereocenters. The summed E-state index contributed by atoms with van der Waals surface area (Å²) in [5, 5.41) is 20.6. The first-order valence-corrected chi connectivity index (χ1v) is 5.65. The molecule has 0 saturated heterocycles. The van der Waals surface area contributed by atoms with Gasteiger partial charge < -0.3 is 15.5 Å². The molecule has 16 heavy (non-hydrogen) atoms. The third kappa shape index (κ3) is 2.35. The van der Waals surface area contributed by atoms with E-state index in [9.17, 15) is 14.7 Å².